The minimum atomic E-state index is -1.47. The molecule has 0 aromatic heterocycles. The minimum absolute atomic E-state index is 0.151. The Morgan fingerprint density at radius 2 is 1.48 bits per heavy atom. The lowest BCUT2D eigenvalue weighted by Gasteiger charge is -2.28. The van der Waals surface area contributed by atoms with E-state index in [2.05, 4.69) is 5.32 Å². The maximum Gasteiger partial charge on any atom is 0.336 e. The van der Waals surface area contributed by atoms with E-state index in [0.29, 0.717) is 0 Å². The predicted octanol–water partition coefficient (Wildman–Crippen LogP) is 1.66. The number of rotatable bonds is 6. The van der Waals surface area contributed by atoms with Gasteiger partial charge in [0.15, 0.2) is 6.61 Å². The number of halogens is 1. The van der Waals surface area contributed by atoms with Crippen LogP contribution in [-0.2, 0) is 28.6 Å². The number of allylic oxidation sites excluding steroid dienone is 2. The zero-order chi connectivity index (χ0) is 21.7. The van der Waals surface area contributed by atoms with E-state index in [1.54, 1.807) is 0 Å². The lowest BCUT2D eigenvalue weighted by Crippen LogP contribution is -2.38. The van der Waals surface area contributed by atoms with Crippen LogP contribution in [0.5, 0.6) is 0 Å². The van der Waals surface area contributed by atoms with Gasteiger partial charge in [0.2, 0.25) is 5.78 Å². The Balaban J connectivity index is 2.34. The van der Waals surface area contributed by atoms with Gasteiger partial charge in [0.05, 0.1) is 30.9 Å². The number of ether oxygens (including phenoxy) is 3. The number of benzene rings is 1. The van der Waals surface area contributed by atoms with Crippen LogP contribution in [0.1, 0.15) is 24.2 Å². The number of carbonyl (C=O) groups is 4. The van der Waals surface area contributed by atoms with Crippen molar-refractivity contribution < 1.29 is 37.8 Å². The number of methoxy groups -OCH3 is 2. The predicted molar refractivity (Wildman–Crippen MR) is 97.7 cm³/mol. The zero-order valence-corrected chi connectivity index (χ0v) is 16.3. The third-order valence-corrected chi connectivity index (χ3v) is 4.33. The molecule has 1 aromatic carbocycles. The van der Waals surface area contributed by atoms with Gasteiger partial charge in [-0.1, -0.05) is 12.1 Å². The molecular weight excluding hydrogens is 385 g/mol. The van der Waals surface area contributed by atoms with Crippen LogP contribution in [0, 0.1) is 11.7 Å². The molecule has 1 aliphatic rings. The Morgan fingerprint density at radius 1 is 0.966 bits per heavy atom. The number of carbonyl (C=O) groups excluding carboxylic acids is 4. The van der Waals surface area contributed by atoms with Crippen molar-refractivity contribution in [1.29, 1.82) is 0 Å². The second-order valence-electron chi connectivity index (χ2n) is 6.13. The summed E-state index contributed by atoms with van der Waals surface area (Å²) in [7, 11) is 2.24. The van der Waals surface area contributed by atoms with Crippen LogP contribution in [0.2, 0.25) is 0 Å². The Bertz CT molecular complexity index is 895. The molecule has 0 aliphatic carbocycles. The van der Waals surface area contributed by atoms with Gasteiger partial charge >= 0.3 is 17.9 Å². The van der Waals surface area contributed by atoms with Gasteiger partial charge in [0, 0.05) is 11.4 Å². The lowest BCUT2D eigenvalue weighted by molar-refractivity contribution is -0.150. The molecule has 0 saturated carbocycles. The molecule has 0 atom stereocenters. The van der Waals surface area contributed by atoms with Crippen molar-refractivity contribution >= 4 is 23.7 Å². The van der Waals surface area contributed by atoms with E-state index in [0.717, 1.165) is 20.3 Å². The third kappa shape index (κ3) is 4.50. The third-order valence-electron chi connectivity index (χ3n) is 4.33. The van der Waals surface area contributed by atoms with Gasteiger partial charge in [-0.05, 0) is 26.0 Å². The van der Waals surface area contributed by atoms with Crippen LogP contribution in [0.15, 0.2) is 46.8 Å². The van der Waals surface area contributed by atoms with Gasteiger partial charge in [-0.15, -0.1) is 0 Å². The molecule has 29 heavy (non-hydrogen) atoms. The van der Waals surface area contributed by atoms with E-state index in [1.165, 1.54) is 32.0 Å². The highest BCUT2D eigenvalue weighted by atomic mass is 19.1. The number of Topliss-reactive ketones (excluding diaryl/α,β-unsaturated/α-hetero) is 1. The van der Waals surface area contributed by atoms with Crippen LogP contribution < -0.4 is 5.32 Å². The topological polar surface area (TPSA) is 108 Å². The highest BCUT2D eigenvalue weighted by Crippen LogP contribution is 2.32. The normalized spacial score (nSPS) is 14.2. The Hall–Kier alpha value is -3.49. The molecule has 1 aromatic rings. The van der Waals surface area contributed by atoms with Gasteiger partial charge in [0.25, 0.3) is 0 Å². The molecule has 2 rings (SSSR count). The summed E-state index contributed by atoms with van der Waals surface area (Å²) in [4.78, 5) is 49.5. The van der Waals surface area contributed by atoms with Crippen molar-refractivity contribution in [3.05, 3.63) is 58.2 Å². The zero-order valence-electron chi connectivity index (χ0n) is 16.3. The average Bonchev–Trinajstić information content (AvgIpc) is 2.70. The summed E-state index contributed by atoms with van der Waals surface area (Å²) in [6.45, 7) is 2.27. The summed E-state index contributed by atoms with van der Waals surface area (Å²) in [6.07, 6.45) is 0. The van der Waals surface area contributed by atoms with Crippen molar-refractivity contribution in [2.24, 2.45) is 5.92 Å². The quantitative estimate of drug-likeness (QED) is 0.433. The molecule has 154 valence electrons. The van der Waals surface area contributed by atoms with Crippen molar-refractivity contribution in [2.45, 2.75) is 13.8 Å². The largest absolute Gasteiger partial charge is 0.466 e. The Labute approximate surface area is 166 Å². The van der Waals surface area contributed by atoms with Crippen LogP contribution in [0.4, 0.5) is 4.39 Å². The molecule has 0 radical (unpaired) electrons. The number of esters is 3. The number of hydrogen-bond acceptors (Lipinski definition) is 8. The molecular formula is C20H20FNO7. The standard InChI is InChI=1S/C20H20FNO7/c1-10-15(18(24)27-3)17(16(11(2)22-10)19(25)28-4)20(26)29-9-14(23)12-7-5-6-8-13(12)21/h5-8,17,22H,9H2,1-4H3. The number of hydrogen-bond donors (Lipinski definition) is 1. The van der Waals surface area contributed by atoms with Crippen molar-refractivity contribution in [1.82, 2.24) is 5.32 Å². The fraction of sp³-hybridized carbons (Fsp3) is 0.300. The maximum atomic E-state index is 13.7. The monoisotopic (exact) mass is 405 g/mol. The van der Waals surface area contributed by atoms with Gasteiger partial charge in [-0.25, -0.2) is 14.0 Å². The van der Waals surface area contributed by atoms with Gasteiger partial charge in [-0.2, -0.15) is 0 Å². The fourth-order valence-corrected chi connectivity index (χ4v) is 2.98. The summed E-state index contributed by atoms with van der Waals surface area (Å²) >= 11 is 0. The van der Waals surface area contributed by atoms with E-state index < -0.39 is 42.0 Å². The average molecular weight is 405 g/mol. The van der Waals surface area contributed by atoms with Crippen LogP contribution in [-0.4, -0.2) is 44.5 Å². The second kappa shape index (κ2) is 9.13. The fourth-order valence-electron chi connectivity index (χ4n) is 2.98. The summed E-state index contributed by atoms with van der Waals surface area (Å²) in [5.74, 6) is -5.75. The number of nitrogens with one attached hydrogen (secondary N) is 1. The van der Waals surface area contributed by atoms with Gasteiger partial charge < -0.3 is 19.5 Å². The van der Waals surface area contributed by atoms with Crippen LogP contribution in [0.25, 0.3) is 0 Å². The number of dihydropyridines is 1. The smallest absolute Gasteiger partial charge is 0.336 e. The van der Waals surface area contributed by atoms with Crippen molar-refractivity contribution in [3.63, 3.8) is 0 Å². The minimum Gasteiger partial charge on any atom is -0.466 e. The molecule has 0 amide bonds. The number of ketones is 1. The molecule has 0 saturated heterocycles. The molecule has 1 aliphatic heterocycles. The van der Waals surface area contributed by atoms with E-state index in [1.807, 2.05) is 0 Å². The maximum absolute atomic E-state index is 13.7. The molecule has 0 bridgehead atoms. The van der Waals surface area contributed by atoms with Gasteiger partial charge in [-0.3, -0.25) is 9.59 Å². The Kier molecular flexibility index (Phi) is 6.87. The second-order valence-corrected chi connectivity index (χ2v) is 6.13. The molecule has 1 N–H and O–H groups in total. The van der Waals surface area contributed by atoms with Crippen molar-refractivity contribution in [3.8, 4) is 0 Å². The molecule has 0 unspecified atom stereocenters. The summed E-state index contributed by atoms with van der Waals surface area (Å²) < 4.78 is 28.2. The summed E-state index contributed by atoms with van der Waals surface area (Å²) in [5, 5.41) is 2.83. The first-order valence-corrected chi connectivity index (χ1v) is 8.52. The molecule has 0 spiro atoms. The lowest BCUT2D eigenvalue weighted by atomic mass is 9.85. The Morgan fingerprint density at radius 3 is 1.97 bits per heavy atom. The van der Waals surface area contributed by atoms with Gasteiger partial charge in [0.1, 0.15) is 11.7 Å². The summed E-state index contributed by atoms with van der Waals surface area (Å²) in [5.41, 5.74) is 0.0166. The van der Waals surface area contributed by atoms with E-state index >= 15 is 0 Å². The first-order chi connectivity index (χ1) is 13.7. The van der Waals surface area contributed by atoms with Crippen LogP contribution in [0.3, 0.4) is 0 Å². The molecule has 1 heterocycles. The SMILES string of the molecule is COC(=O)C1=C(C)NC(C)=C(C(=O)OC)C1C(=O)OCC(=O)c1ccccc1F. The highest BCUT2D eigenvalue weighted by molar-refractivity contribution is 6.06. The first-order valence-electron chi connectivity index (χ1n) is 8.52. The van der Waals surface area contributed by atoms with Crippen molar-refractivity contribution in [2.75, 3.05) is 20.8 Å². The van der Waals surface area contributed by atoms with E-state index in [4.69, 9.17) is 14.2 Å². The summed E-state index contributed by atoms with van der Waals surface area (Å²) in [6, 6.07) is 5.24. The van der Waals surface area contributed by atoms with E-state index in [9.17, 15) is 23.6 Å². The molecule has 9 heteroatoms. The molecule has 8 nitrogen and oxygen atoms in total. The molecule has 0 fully saturated rings. The highest BCUT2D eigenvalue weighted by Gasteiger charge is 2.42. The van der Waals surface area contributed by atoms with E-state index in [-0.39, 0.29) is 28.1 Å². The van der Waals surface area contributed by atoms with Crippen LogP contribution >= 0.6 is 0 Å². The first kappa shape index (κ1) is 21.8.